The number of rotatable bonds is 3. The third-order valence-electron chi connectivity index (χ3n) is 2.35. The quantitative estimate of drug-likeness (QED) is 0.601. The van der Waals surface area contributed by atoms with Crippen molar-refractivity contribution in [1.82, 2.24) is 5.32 Å². The predicted molar refractivity (Wildman–Crippen MR) is 55.0 cm³/mol. The second-order valence-corrected chi connectivity index (χ2v) is 3.49. The van der Waals surface area contributed by atoms with Crippen LogP contribution in [0, 0.1) is 10.1 Å². The number of nitro groups is 1. The van der Waals surface area contributed by atoms with E-state index in [1.165, 1.54) is 12.1 Å². The Morgan fingerprint density at radius 2 is 2.40 bits per heavy atom. The molecule has 1 atom stereocenters. The van der Waals surface area contributed by atoms with Crippen LogP contribution < -0.4 is 10.1 Å². The van der Waals surface area contributed by atoms with Gasteiger partial charge in [-0.1, -0.05) is 6.07 Å². The van der Waals surface area contributed by atoms with E-state index < -0.39 is 4.92 Å². The summed E-state index contributed by atoms with van der Waals surface area (Å²) in [6, 6.07) is 6.29. The van der Waals surface area contributed by atoms with Crippen LogP contribution in [0.1, 0.15) is 6.42 Å². The molecular weight excluding hydrogens is 196 g/mol. The number of hydrogen-bond acceptors (Lipinski definition) is 4. The summed E-state index contributed by atoms with van der Waals surface area (Å²) in [6.45, 7) is 1.75. The highest BCUT2D eigenvalue weighted by atomic mass is 16.6. The summed E-state index contributed by atoms with van der Waals surface area (Å²) in [4.78, 5) is 10.1. The third-order valence-corrected chi connectivity index (χ3v) is 2.35. The second kappa shape index (κ2) is 4.27. The van der Waals surface area contributed by atoms with Crippen molar-refractivity contribution in [3.8, 4) is 5.75 Å². The number of hydrogen-bond donors (Lipinski definition) is 1. The minimum absolute atomic E-state index is 0.0680. The Kier molecular flexibility index (Phi) is 2.82. The number of nitrogens with zero attached hydrogens (tertiary/aromatic N) is 1. The molecule has 1 aromatic carbocycles. The number of nitrogens with one attached hydrogen (secondary N) is 1. The number of ether oxygens (including phenoxy) is 1. The van der Waals surface area contributed by atoms with Gasteiger partial charge in [0.1, 0.15) is 11.9 Å². The van der Waals surface area contributed by atoms with Crippen LogP contribution >= 0.6 is 0 Å². The van der Waals surface area contributed by atoms with Crippen molar-refractivity contribution in [3.05, 3.63) is 34.4 Å². The van der Waals surface area contributed by atoms with Crippen LogP contribution in [0.15, 0.2) is 24.3 Å². The molecule has 0 aliphatic carbocycles. The summed E-state index contributed by atoms with van der Waals surface area (Å²) in [5, 5.41) is 13.7. The van der Waals surface area contributed by atoms with Crippen molar-refractivity contribution >= 4 is 5.69 Å². The lowest BCUT2D eigenvalue weighted by Crippen LogP contribution is -2.19. The van der Waals surface area contributed by atoms with Gasteiger partial charge in [0, 0.05) is 12.6 Å². The highest BCUT2D eigenvalue weighted by Crippen LogP contribution is 2.21. The summed E-state index contributed by atoms with van der Waals surface area (Å²) in [7, 11) is 0. The van der Waals surface area contributed by atoms with Gasteiger partial charge in [-0.25, -0.2) is 0 Å². The Bertz CT molecular complexity index is 361. The van der Waals surface area contributed by atoms with Crippen molar-refractivity contribution in [1.29, 1.82) is 0 Å². The summed E-state index contributed by atoms with van der Waals surface area (Å²) >= 11 is 0. The molecule has 80 valence electrons. The fraction of sp³-hybridized carbons (Fsp3) is 0.400. The molecule has 1 N–H and O–H groups in total. The average molecular weight is 208 g/mol. The van der Waals surface area contributed by atoms with E-state index in [0.717, 1.165) is 19.5 Å². The molecule has 0 spiro atoms. The van der Waals surface area contributed by atoms with Gasteiger partial charge < -0.3 is 10.1 Å². The van der Waals surface area contributed by atoms with Crippen LogP contribution in [-0.4, -0.2) is 24.1 Å². The zero-order valence-corrected chi connectivity index (χ0v) is 8.18. The predicted octanol–water partition coefficient (Wildman–Crippen LogP) is 1.34. The van der Waals surface area contributed by atoms with Crippen molar-refractivity contribution in [2.75, 3.05) is 13.1 Å². The SMILES string of the molecule is O=[N+]([O-])c1cccc(O[C@@H]2CCNC2)c1. The van der Waals surface area contributed by atoms with E-state index in [2.05, 4.69) is 5.32 Å². The standard InChI is InChI=1S/C10H12N2O3/c13-12(14)8-2-1-3-9(6-8)15-10-4-5-11-7-10/h1-3,6,10-11H,4-5,7H2/t10-/m1/s1. The van der Waals surface area contributed by atoms with E-state index in [1.807, 2.05) is 0 Å². The number of nitro benzene ring substituents is 1. The Hall–Kier alpha value is -1.62. The fourth-order valence-electron chi connectivity index (χ4n) is 1.59. The van der Waals surface area contributed by atoms with Gasteiger partial charge in [-0.3, -0.25) is 10.1 Å². The summed E-state index contributed by atoms with van der Waals surface area (Å²) in [5.41, 5.74) is 0.0680. The van der Waals surface area contributed by atoms with Gasteiger partial charge in [-0.15, -0.1) is 0 Å². The van der Waals surface area contributed by atoms with E-state index in [9.17, 15) is 10.1 Å². The highest BCUT2D eigenvalue weighted by Gasteiger charge is 2.16. The van der Waals surface area contributed by atoms with Gasteiger partial charge in [0.05, 0.1) is 11.0 Å². The molecule has 1 saturated heterocycles. The molecule has 2 rings (SSSR count). The van der Waals surface area contributed by atoms with Crippen molar-refractivity contribution in [2.24, 2.45) is 0 Å². The van der Waals surface area contributed by atoms with Crippen LogP contribution in [0.5, 0.6) is 5.75 Å². The van der Waals surface area contributed by atoms with Crippen LogP contribution in [0.25, 0.3) is 0 Å². The Morgan fingerprint density at radius 3 is 3.07 bits per heavy atom. The molecule has 0 saturated carbocycles. The maximum absolute atomic E-state index is 10.5. The lowest BCUT2D eigenvalue weighted by molar-refractivity contribution is -0.384. The van der Waals surface area contributed by atoms with Crippen molar-refractivity contribution in [3.63, 3.8) is 0 Å². The van der Waals surface area contributed by atoms with Gasteiger partial charge in [-0.2, -0.15) is 0 Å². The second-order valence-electron chi connectivity index (χ2n) is 3.49. The summed E-state index contributed by atoms with van der Waals surface area (Å²) in [6.07, 6.45) is 1.08. The molecule has 15 heavy (non-hydrogen) atoms. The molecular formula is C10H12N2O3. The molecule has 1 heterocycles. The van der Waals surface area contributed by atoms with Gasteiger partial charge >= 0.3 is 0 Å². The topological polar surface area (TPSA) is 64.4 Å². The van der Waals surface area contributed by atoms with Crippen LogP contribution in [0.4, 0.5) is 5.69 Å². The molecule has 0 amide bonds. The number of non-ortho nitro benzene ring substituents is 1. The minimum atomic E-state index is -0.417. The molecule has 1 fully saturated rings. The smallest absolute Gasteiger partial charge is 0.273 e. The van der Waals surface area contributed by atoms with E-state index >= 15 is 0 Å². The number of benzene rings is 1. The first-order chi connectivity index (χ1) is 7.25. The van der Waals surface area contributed by atoms with E-state index in [4.69, 9.17) is 4.74 Å². The molecule has 1 aromatic rings. The maximum Gasteiger partial charge on any atom is 0.273 e. The van der Waals surface area contributed by atoms with Gasteiger partial charge in [0.15, 0.2) is 0 Å². The summed E-state index contributed by atoms with van der Waals surface area (Å²) < 4.78 is 5.60. The normalized spacial score (nSPS) is 20.1. The van der Waals surface area contributed by atoms with Gasteiger partial charge in [-0.05, 0) is 19.0 Å². The molecule has 0 radical (unpaired) electrons. The van der Waals surface area contributed by atoms with Gasteiger partial charge in [0.2, 0.25) is 0 Å². The molecule has 0 bridgehead atoms. The molecule has 1 aliphatic heterocycles. The molecule has 1 aliphatic rings. The van der Waals surface area contributed by atoms with Crippen molar-refractivity contribution in [2.45, 2.75) is 12.5 Å². The lowest BCUT2D eigenvalue weighted by Gasteiger charge is -2.11. The Balaban J connectivity index is 2.07. The first-order valence-electron chi connectivity index (χ1n) is 4.87. The fourth-order valence-corrected chi connectivity index (χ4v) is 1.59. The molecule has 5 nitrogen and oxygen atoms in total. The highest BCUT2D eigenvalue weighted by molar-refractivity contribution is 5.38. The first-order valence-corrected chi connectivity index (χ1v) is 4.87. The molecule has 5 heteroatoms. The van der Waals surface area contributed by atoms with Gasteiger partial charge in [0.25, 0.3) is 5.69 Å². The van der Waals surface area contributed by atoms with E-state index in [-0.39, 0.29) is 11.8 Å². The zero-order chi connectivity index (χ0) is 10.7. The first kappa shape index (κ1) is 9.92. The maximum atomic E-state index is 10.5. The third kappa shape index (κ3) is 2.44. The van der Waals surface area contributed by atoms with Crippen LogP contribution in [0.2, 0.25) is 0 Å². The minimum Gasteiger partial charge on any atom is -0.489 e. The summed E-state index contributed by atoms with van der Waals surface area (Å²) in [5.74, 6) is 0.568. The monoisotopic (exact) mass is 208 g/mol. The van der Waals surface area contributed by atoms with Crippen LogP contribution in [0.3, 0.4) is 0 Å². The Morgan fingerprint density at radius 1 is 1.53 bits per heavy atom. The largest absolute Gasteiger partial charge is 0.489 e. The van der Waals surface area contributed by atoms with Crippen LogP contribution in [-0.2, 0) is 0 Å². The lowest BCUT2D eigenvalue weighted by atomic mass is 10.3. The van der Waals surface area contributed by atoms with E-state index in [1.54, 1.807) is 12.1 Å². The Labute approximate surface area is 87.2 Å². The van der Waals surface area contributed by atoms with Crippen molar-refractivity contribution < 1.29 is 9.66 Å². The van der Waals surface area contributed by atoms with E-state index in [0.29, 0.717) is 5.75 Å². The zero-order valence-electron chi connectivity index (χ0n) is 8.18. The average Bonchev–Trinajstić information content (AvgIpc) is 2.71. The molecule has 0 unspecified atom stereocenters. The molecule has 0 aromatic heterocycles.